The lowest BCUT2D eigenvalue weighted by Crippen LogP contribution is -2.27. The minimum atomic E-state index is -1.03. The summed E-state index contributed by atoms with van der Waals surface area (Å²) in [5, 5.41) is 11.6. The third-order valence-electron chi connectivity index (χ3n) is 2.92. The lowest BCUT2D eigenvalue weighted by molar-refractivity contribution is -0.117. The fraction of sp³-hybridized carbons (Fsp3) is 0.0667. The number of carbonyl (C=O) groups is 2. The average molecular weight is 349 g/mol. The van der Waals surface area contributed by atoms with E-state index in [1.165, 1.54) is 18.2 Å². The molecule has 1 amide bonds. The Morgan fingerprint density at radius 1 is 1.14 bits per heavy atom. The second kappa shape index (κ2) is 6.51. The van der Waals surface area contributed by atoms with Gasteiger partial charge in [0.05, 0.1) is 11.3 Å². The van der Waals surface area contributed by atoms with Crippen LogP contribution in [-0.2, 0) is 4.79 Å². The third-order valence-corrected chi connectivity index (χ3v) is 3.57. The zero-order chi connectivity index (χ0) is 15.4. The number of carboxylic acid groups (broad SMARTS) is 1. The van der Waals surface area contributed by atoms with Crippen molar-refractivity contribution in [1.82, 2.24) is 0 Å². The standard InChI is InChI=1S/C15H13BrN2O3/c16-11-8-10(15(20)21)6-7-12(11)18-14(19)13(17)9-4-2-1-3-5-9/h1-8,13H,17H2,(H,18,19)(H,20,21). The number of hydrogen-bond donors (Lipinski definition) is 3. The zero-order valence-electron chi connectivity index (χ0n) is 10.9. The Bertz CT molecular complexity index is 674. The molecular weight excluding hydrogens is 336 g/mol. The van der Waals surface area contributed by atoms with Gasteiger partial charge in [-0.05, 0) is 39.7 Å². The number of carbonyl (C=O) groups excluding carboxylic acids is 1. The lowest BCUT2D eigenvalue weighted by Gasteiger charge is -2.13. The van der Waals surface area contributed by atoms with Crippen molar-refractivity contribution in [3.8, 4) is 0 Å². The summed E-state index contributed by atoms with van der Waals surface area (Å²) >= 11 is 3.23. The molecule has 0 aliphatic heterocycles. The van der Waals surface area contributed by atoms with E-state index in [4.69, 9.17) is 10.8 Å². The van der Waals surface area contributed by atoms with Crippen molar-refractivity contribution in [2.75, 3.05) is 5.32 Å². The molecule has 0 radical (unpaired) electrons. The van der Waals surface area contributed by atoms with Gasteiger partial charge in [-0.25, -0.2) is 4.79 Å². The first kappa shape index (κ1) is 15.2. The van der Waals surface area contributed by atoms with E-state index < -0.39 is 12.0 Å². The molecule has 0 saturated carbocycles. The quantitative estimate of drug-likeness (QED) is 0.791. The summed E-state index contributed by atoms with van der Waals surface area (Å²) in [5.74, 6) is -1.40. The molecule has 0 bridgehead atoms. The van der Waals surface area contributed by atoms with E-state index in [2.05, 4.69) is 21.2 Å². The van der Waals surface area contributed by atoms with Crippen molar-refractivity contribution in [1.29, 1.82) is 0 Å². The van der Waals surface area contributed by atoms with E-state index in [0.717, 1.165) is 0 Å². The first-order chi connectivity index (χ1) is 9.99. The SMILES string of the molecule is NC(C(=O)Nc1ccc(C(=O)O)cc1Br)c1ccccc1. The second-order valence-electron chi connectivity index (χ2n) is 4.38. The Labute approximate surface area is 129 Å². The van der Waals surface area contributed by atoms with Gasteiger partial charge in [0.25, 0.3) is 0 Å². The summed E-state index contributed by atoms with van der Waals surface area (Å²) < 4.78 is 0.482. The molecule has 0 aromatic heterocycles. The highest BCUT2D eigenvalue weighted by Gasteiger charge is 2.17. The number of anilines is 1. The van der Waals surface area contributed by atoms with Crippen LogP contribution in [0.2, 0.25) is 0 Å². The molecule has 2 rings (SSSR count). The van der Waals surface area contributed by atoms with Gasteiger partial charge < -0.3 is 16.2 Å². The van der Waals surface area contributed by atoms with Crippen molar-refractivity contribution >= 4 is 33.5 Å². The number of nitrogens with two attached hydrogens (primary N) is 1. The summed E-state index contributed by atoms with van der Waals surface area (Å²) in [6, 6.07) is 12.6. The van der Waals surface area contributed by atoms with Crippen LogP contribution in [0.5, 0.6) is 0 Å². The van der Waals surface area contributed by atoms with Gasteiger partial charge in [-0.2, -0.15) is 0 Å². The number of rotatable bonds is 4. The Hall–Kier alpha value is -2.18. The molecule has 2 aromatic carbocycles. The van der Waals surface area contributed by atoms with Gasteiger partial charge in [-0.3, -0.25) is 4.79 Å². The van der Waals surface area contributed by atoms with Crippen LogP contribution < -0.4 is 11.1 Å². The minimum Gasteiger partial charge on any atom is -0.478 e. The number of amides is 1. The molecule has 5 nitrogen and oxygen atoms in total. The van der Waals surface area contributed by atoms with E-state index in [9.17, 15) is 9.59 Å². The summed E-state index contributed by atoms with van der Waals surface area (Å²) in [6.45, 7) is 0. The molecule has 108 valence electrons. The van der Waals surface area contributed by atoms with Crippen molar-refractivity contribution in [3.05, 3.63) is 64.1 Å². The monoisotopic (exact) mass is 348 g/mol. The first-order valence-corrected chi connectivity index (χ1v) is 6.92. The van der Waals surface area contributed by atoms with Crippen LogP contribution in [0.4, 0.5) is 5.69 Å². The van der Waals surface area contributed by atoms with Crippen LogP contribution in [-0.4, -0.2) is 17.0 Å². The molecule has 0 aliphatic rings. The predicted molar refractivity (Wildman–Crippen MR) is 83.1 cm³/mol. The molecule has 4 N–H and O–H groups in total. The molecule has 1 atom stereocenters. The molecule has 0 aliphatic carbocycles. The van der Waals surface area contributed by atoms with Gasteiger partial charge in [-0.1, -0.05) is 30.3 Å². The lowest BCUT2D eigenvalue weighted by atomic mass is 10.1. The van der Waals surface area contributed by atoms with Gasteiger partial charge in [0, 0.05) is 4.47 Å². The van der Waals surface area contributed by atoms with Gasteiger partial charge in [-0.15, -0.1) is 0 Å². The van der Waals surface area contributed by atoms with Gasteiger partial charge in [0.15, 0.2) is 0 Å². The first-order valence-electron chi connectivity index (χ1n) is 6.13. The van der Waals surface area contributed by atoms with Crippen LogP contribution >= 0.6 is 15.9 Å². The predicted octanol–water partition coefficient (Wildman–Crippen LogP) is 2.79. The molecule has 2 aromatic rings. The normalized spacial score (nSPS) is 11.7. The van der Waals surface area contributed by atoms with Crippen molar-refractivity contribution in [2.45, 2.75) is 6.04 Å². The maximum absolute atomic E-state index is 12.1. The molecular formula is C15H13BrN2O3. The Kier molecular flexibility index (Phi) is 4.72. The van der Waals surface area contributed by atoms with E-state index in [-0.39, 0.29) is 11.5 Å². The van der Waals surface area contributed by atoms with E-state index >= 15 is 0 Å². The van der Waals surface area contributed by atoms with Gasteiger partial charge in [0.1, 0.15) is 6.04 Å². The maximum Gasteiger partial charge on any atom is 0.335 e. The summed E-state index contributed by atoms with van der Waals surface area (Å²) in [4.78, 5) is 23.0. The fourth-order valence-electron chi connectivity index (χ4n) is 1.77. The number of nitrogens with one attached hydrogen (secondary N) is 1. The average Bonchev–Trinajstić information content (AvgIpc) is 2.49. The third kappa shape index (κ3) is 3.68. The maximum atomic E-state index is 12.1. The number of benzene rings is 2. The number of hydrogen-bond acceptors (Lipinski definition) is 3. The van der Waals surface area contributed by atoms with Crippen molar-refractivity contribution < 1.29 is 14.7 Å². The number of halogens is 1. The van der Waals surface area contributed by atoms with Crippen molar-refractivity contribution in [3.63, 3.8) is 0 Å². The summed E-state index contributed by atoms with van der Waals surface area (Å²) in [5.41, 5.74) is 7.20. The van der Waals surface area contributed by atoms with E-state index in [0.29, 0.717) is 15.7 Å². The van der Waals surface area contributed by atoms with E-state index in [1.807, 2.05) is 6.07 Å². The van der Waals surface area contributed by atoms with Gasteiger partial charge in [0.2, 0.25) is 5.91 Å². The molecule has 0 spiro atoms. The molecule has 1 unspecified atom stereocenters. The molecule has 0 fully saturated rings. The minimum absolute atomic E-state index is 0.132. The summed E-state index contributed by atoms with van der Waals surface area (Å²) in [6.07, 6.45) is 0. The van der Waals surface area contributed by atoms with E-state index in [1.54, 1.807) is 24.3 Å². The summed E-state index contributed by atoms with van der Waals surface area (Å²) in [7, 11) is 0. The smallest absolute Gasteiger partial charge is 0.335 e. The number of carboxylic acids is 1. The fourth-order valence-corrected chi connectivity index (χ4v) is 2.25. The van der Waals surface area contributed by atoms with Gasteiger partial charge >= 0.3 is 5.97 Å². The Morgan fingerprint density at radius 2 is 1.81 bits per heavy atom. The second-order valence-corrected chi connectivity index (χ2v) is 5.23. The topological polar surface area (TPSA) is 92.4 Å². The van der Waals surface area contributed by atoms with Crippen LogP contribution in [0.3, 0.4) is 0 Å². The van der Waals surface area contributed by atoms with Crippen LogP contribution in [0.1, 0.15) is 22.0 Å². The molecule has 0 saturated heterocycles. The number of aromatic carboxylic acids is 1. The highest BCUT2D eigenvalue weighted by Crippen LogP contribution is 2.24. The van der Waals surface area contributed by atoms with Crippen LogP contribution in [0, 0.1) is 0 Å². The van der Waals surface area contributed by atoms with Crippen LogP contribution in [0.15, 0.2) is 53.0 Å². The zero-order valence-corrected chi connectivity index (χ0v) is 12.5. The molecule has 0 heterocycles. The highest BCUT2D eigenvalue weighted by atomic mass is 79.9. The van der Waals surface area contributed by atoms with Crippen LogP contribution in [0.25, 0.3) is 0 Å². The molecule has 21 heavy (non-hydrogen) atoms. The largest absolute Gasteiger partial charge is 0.478 e. The Morgan fingerprint density at radius 3 is 2.38 bits per heavy atom. The molecule has 6 heteroatoms. The van der Waals surface area contributed by atoms with Crippen molar-refractivity contribution in [2.24, 2.45) is 5.73 Å². The Balaban J connectivity index is 2.15. The highest BCUT2D eigenvalue weighted by molar-refractivity contribution is 9.10.